The minimum Gasteiger partial charge on any atom is -0.396 e. The normalized spacial score (nSPS) is 15.2. The largest absolute Gasteiger partial charge is 0.396 e. The van der Waals surface area contributed by atoms with Crippen LogP contribution in [0.3, 0.4) is 0 Å². The average Bonchev–Trinajstić information content (AvgIpc) is 2.22. The molecule has 0 heterocycles. The van der Waals surface area contributed by atoms with Gasteiger partial charge in [0, 0.05) is 25.8 Å². The summed E-state index contributed by atoms with van der Waals surface area (Å²) in [7, 11) is 1.61. The number of aliphatic hydroxyl groups excluding tert-OH is 1. The molecular formula is C13H28N2O3. The number of carbonyl (C=O) groups is 1. The summed E-state index contributed by atoms with van der Waals surface area (Å²) in [6.07, 6.45) is 0.643. The van der Waals surface area contributed by atoms with E-state index in [9.17, 15) is 4.79 Å². The number of carbonyl (C=O) groups excluding carboxylic acids is 1. The lowest BCUT2D eigenvalue weighted by Gasteiger charge is -2.31. The number of ether oxygens (including phenoxy) is 1. The summed E-state index contributed by atoms with van der Waals surface area (Å²) in [6, 6.07) is 0.126. The lowest BCUT2D eigenvalue weighted by atomic mass is 9.85. The summed E-state index contributed by atoms with van der Waals surface area (Å²) in [5.74, 6) is -0.0493. The topological polar surface area (TPSA) is 70.6 Å². The predicted molar refractivity (Wildman–Crippen MR) is 72.4 cm³/mol. The summed E-state index contributed by atoms with van der Waals surface area (Å²) in [5.41, 5.74) is 0.0150. The molecule has 1 amide bonds. The minimum atomic E-state index is -0.0493. The molecule has 0 fully saturated rings. The van der Waals surface area contributed by atoms with Crippen LogP contribution in [0.5, 0.6) is 0 Å². The second kappa shape index (κ2) is 8.45. The Bertz CT molecular complexity index is 239. The van der Waals surface area contributed by atoms with Gasteiger partial charge in [0.1, 0.15) is 0 Å². The third-order valence-corrected chi connectivity index (χ3v) is 2.80. The van der Waals surface area contributed by atoms with Crippen LogP contribution in [-0.2, 0) is 9.53 Å². The molecule has 0 aromatic carbocycles. The van der Waals surface area contributed by atoms with E-state index in [2.05, 4.69) is 31.4 Å². The molecule has 2 atom stereocenters. The summed E-state index contributed by atoms with van der Waals surface area (Å²) >= 11 is 0. The molecule has 0 aromatic rings. The van der Waals surface area contributed by atoms with Crippen molar-refractivity contribution in [2.24, 2.45) is 5.41 Å². The molecule has 0 bridgehead atoms. The van der Waals surface area contributed by atoms with Gasteiger partial charge in [-0.2, -0.15) is 0 Å². The molecule has 0 aromatic heterocycles. The van der Waals surface area contributed by atoms with Crippen LogP contribution in [0, 0.1) is 5.41 Å². The molecule has 0 radical (unpaired) electrons. The van der Waals surface area contributed by atoms with Crippen LogP contribution < -0.4 is 10.6 Å². The molecule has 2 unspecified atom stereocenters. The summed E-state index contributed by atoms with van der Waals surface area (Å²) in [4.78, 5) is 11.7. The standard InChI is InChI=1S/C13H28N2O3/c1-10(9-18-5)15-12(17)8-14-11(6-7-16)13(2,3)4/h10-11,14,16H,6-9H2,1-5H3,(H,15,17). The van der Waals surface area contributed by atoms with Crippen LogP contribution in [0.4, 0.5) is 0 Å². The Morgan fingerprint density at radius 3 is 2.44 bits per heavy atom. The first-order valence-electron chi connectivity index (χ1n) is 6.43. The SMILES string of the molecule is COCC(C)NC(=O)CNC(CCO)C(C)(C)C. The molecule has 18 heavy (non-hydrogen) atoms. The van der Waals surface area contributed by atoms with Crippen molar-refractivity contribution in [3.63, 3.8) is 0 Å². The molecule has 5 nitrogen and oxygen atoms in total. The molecule has 108 valence electrons. The first kappa shape index (κ1) is 17.4. The van der Waals surface area contributed by atoms with Crippen LogP contribution in [0.1, 0.15) is 34.1 Å². The van der Waals surface area contributed by atoms with Gasteiger partial charge in [-0.05, 0) is 18.8 Å². The molecule has 5 heteroatoms. The number of hydrogen-bond acceptors (Lipinski definition) is 4. The van der Waals surface area contributed by atoms with E-state index in [0.717, 1.165) is 0 Å². The Labute approximate surface area is 110 Å². The Morgan fingerprint density at radius 2 is 2.00 bits per heavy atom. The zero-order chi connectivity index (χ0) is 14.2. The Hall–Kier alpha value is -0.650. The number of hydrogen-bond donors (Lipinski definition) is 3. The summed E-state index contributed by atoms with van der Waals surface area (Å²) in [5, 5.41) is 15.1. The highest BCUT2D eigenvalue weighted by molar-refractivity contribution is 5.78. The van der Waals surface area contributed by atoms with Crippen molar-refractivity contribution in [1.29, 1.82) is 0 Å². The van der Waals surface area contributed by atoms with E-state index >= 15 is 0 Å². The highest BCUT2D eigenvalue weighted by atomic mass is 16.5. The maximum Gasteiger partial charge on any atom is 0.234 e. The number of nitrogens with one attached hydrogen (secondary N) is 2. The van der Waals surface area contributed by atoms with Crippen molar-refractivity contribution in [3.8, 4) is 0 Å². The van der Waals surface area contributed by atoms with Crippen LogP contribution in [0.2, 0.25) is 0 Å². The second-order valence-electron chi connectivity index (χ2n) is 5.74. The lowest BCUT2D eigenvalue weighted by Crippen LogP contribution is -2.47. The Morgan fingerprint density at radius 1 is 1.39 bits per heavy atom. The molecule has 0 saturated carbocycles. The van der Waals surface area contributed by atoms with E-state index in [1.54, 1.807) is 7.11 Å². The quantitative estimate of drug-likeness (QED) is 0.595. The van der Waals surface area contributed by atoms with Gasteiger partial charge < -0.3 is 20.5 Å². The molecule has 3 N–H and O–H groups in total. The molecule has 0 aliphatic carbocycles. The van der Waals surface area contributed by atoms with Crippen molar-refractivity contribution < 1.29 is 14.6 Å². The van der Waals surface area contributed by atoms with Gasteiger partial charge in [-0.1, -0.05) is 20.8 Å². The van der Waals surface area contributed by atoms with Gasteiger partial charge in [0.15, 0.2) is 0 Å². The third kappa shape index (κ3) is 7.63. The third-order valence-electron chi connectivity index (χ3n) is 2.80. The summed E-state index contributed by atoms with van der Waals surface area (Å²) in [6.45, 7) is 9.05. The van der Waals surface area contributed by atoms with E-state index in [4.69, 9.17) is 9.84 Å². The monoisotopic (exact) mass is 260 g/mol. The Balaban J connectivity index is 4.07. The number of amides is 1. The van der Waals surface area contributed by atoms with Gasteiger partial charge >= 0.3 is 0 Å². The maximum absolute atomic E-state index is 11.7. The van der Waals surface area contributed by atoms with E-state index in [1.165, 1.54) is 0 Å². The van der Waals surface area contributed by atoms with Gasteiger partial charge in [-0.25, -0.2) is 0 Å². The van der Waals surface area contributed by atoms with Gasteiger partial charge in [0.05, 0.1) is 13.2 Å². The van der Waals surface area contributed by atoms with Crippen molar-refractivity contribution >= 4 is 5.91 Å². The minimum absolute atomic E-state index is 0.00947. The van der Waals surface area contributed by atoms with Crippen LogP contribution in [-0.4, -0.2) is 50.0 Å². The fourth-order valence-corrected chi connectivity index (χ4v) is 1.80. The highest BCUT2D eigenvalue weighted by Crippen LogP contribution is 2.21. The van der Waals surface area contributed by atoms with Crippen molar-refractivity contribution in [2.75, 3.05) is 26.9 Å². The van der Waals surface area contributed by atoms with E-state index in [0.29, 0.717) is 13.0 Å². The first-order chi connectivity index (χ1) is 8.31. The summed E-state index contributed by atoms with van der Waals surface area (Å²) < 4.78 is 4.95. The zero-order valence-electron chi connectivity index (χ0n) is 12.2. The molecule has 0 spiro atoms. The van der Waals surface area contributed by atoms with Gasteiger partial charge in [0.25, 0.3) is 0 Å². The molecule has 0 aliphatic heterocycles. The molecule has 0 saturated heterocycles. The van der Waals surface area contributed by atoms with Crippen LogP contribution in [0.15, 0.2) is 0 Å². The smallest absolute Gasteiger partial charge is 0.234 e. The van der Waals surface area contributed by atoms with Crippen LogP contribution in [0.25, 0.3) is 0 Å². The second-order valence-corrected chi connectivity index (χ2v) is 5.74. The fourth-order valence-electron chi connectivity index (χ4n) is 1.80. The zero-order valence-corrected chi connectivity index (χ0v) is 12.2. The molecular weight excluding hydrogens is 232 g/mol. The number of methoxy groups -OCH3 is 1. The molecule has 0 aliphatic rings. The van der Waals surface area contributed by atoms with Crippen molar-refractivity contribution in [3.05, 3.63) is 0 Å². The molecule has 0 rings (SSSR count). The fraction of sp³-hybridized carbons (Fsp3) is 0.923. The van der Waals surface area contributed by atoms with Gasteiger partial charge in [-0.15, -0.1) is 0 Å². The number of aliphatic hydroxyl groups is 1. The van der Waals surface area contributed by atoms with E-state index in [1.807, 2.05) is 6.92 Å². The van der Waals surface area contributed by atoms with E-state index in [-0.39, 0.29) is 36.6 Å². The van der Waals surface area contributed by atoms with Crippen molar-refractivity contribution in [1.82, 2.24) is 10.6 Å². The predicted octanol–water partition coefficient (Wildman–Crippen LogP) is 0.524. The lowest BCUT2D eigenvalue weighted by molar-refractivity contribution is -0.121. The highest BCUT2D eigenvalue weighted by Gasteiger charge is 2.24. The van der Waals surface area contributed by atoms with Crippen LogP contribution >= 0.6 is 0 Å². The van der Waals surface area contributed by atoms with Crippen molar-refractivity contribution in [2.45, 2.75) is 46.2 Å². The van der Waals surface area contributed by atoms with E-state index < -0.39 is 0 Å². The number of rotatable bonds is 8. The Kier molecular flexibility index (Phi) is 8.15. The maximum atomic E-state index is 11.7. The average molecular weight is 260 g/mol. The van der Waals surface area contributed by atoms with Gasteiger partial charge in [-0.3, -0.25) is 4.79 Å². The van der Waals surface area contributed by atoms with Gasteiger partial charge in [0.2, 0.25) is 5.91 Å². The first-order valence-corrected chi connectivity index (χ1v) is 6.43.